The molecule has 1 aliphatic rings. The molecule has 2 aromatic carbocycles. The van der Waals surface area contributed by atoms with Crippen molar-refractivity contribution >= 4 is 40.9 Å². The number of amides is 3. The highest BCUT2D eigenvalue weighted by Gasteiger charge is 2.28. The Labute approximate surface area is 202 Å². The Kier molecular flexibility index (Phi) is 7.07. The lowest BCUT2D eigenvalue weighted by atomic mass is 10.0. The van der Waals surface area contributed by atoms with Crippen molar-refractivity contribution in [2.24, 2.45) is 5.92 Å². The quantitative estimate of drug-likeness (QED) is 0.488. The fraction of sp³-hybridized carbons (Fsp3) is 0.269. The molecule has 8 heteroatoms. The fourth-order valence-corrected chi connectivity index (χ4v) is 4.94. The minimum Gasteiger partial charge on any atom is -0.459 e. The van der Waals surface area contributed by atoms with Gasteiger partial charge in [-0.25, -0.2) is 0 Å². The van der Waals surface area contributed by atoms with Crippen LogP contribution in [0.15, 0.2) is 75.1 Å². The van der Waals surface area contributed by atoms with Gasteiger partial charge in [0.2, 0.25) is 5.91 Å². The van der Waals surface area contributed by atoms with E-state index in [1.165, 1.54) is 18.0 Å². The summed E-state index contributed by atoms with van der Waals surface area (Å²) in [5.74, 6) is -0.782. The van der Waals surface area contributed by atoms with E-state index in [2.05, 4.69) is 10.6 Å². The standard InChI is InChI=1S/C26H27N3O4S/c1-4-13-29-19-12-11-17(15-22(19)34-21-10-6-5-8-18(21)26(29)32)27-25(31)23(16(2)3)28-24(30)20-9-7-14-33-20/h5-12,14-16,23H,4,13H2,1-3H3,(H,27,31)(H,28,30)/t23-/m0/s1. The molecule has 3 aromatic rings. The Morgan fingerprint density at radius 1 is 1.06 bits per heavy atom. The second-order valence-corrected chi connectivity index (χ2v) is 9.48. The summed E-state index contributed by atoms with van der Waals surface area (Å²) in [6.07, 6.45) is 2.24. The highest BCUT2D eigenvalue weighted by atomic mass is 32.2. The van der Waals surface area contributed by atoms with Crippen molar-refractivity contribution in [1.29, 1.82) is 0 Å². The third-order valence-electron chi connectivity index (χ3n) is 5.53. The molecule has 0 unspecified atom stereocenters. The maximum absolute atomic E-state index is 13.2. The van der Waals surface area contributed by atoms with Crippen LogP contribution in [0.3, 0.4) is 0 Å². The molecule has 1 aliphatic heterocycles. The lowest BCUT2D eigenvalue weighted by molar-refractivity contribution is -0.118. The molecule has 1 aromatic heterocycles. The van der Waals surface area contributed by atoms with Crippen LogP contribution in [0.1, 0.15) is 48.1 Å². The van der Waals surface area contributed by atoms with E-state index in [4.69, 9.17) is 4.42 Å². The Bertz CT molecular complexity index is 1210. The second-order valence-electron chi connectivity index (χ2n) is 8.40. The molecule has 0 aliphatic carbocycles. The molecule has 4 rings (SSSR count). The number of anilines is 2. The molecular weight excluding hydrogens is 450 g/mol. The maximum atomic E-state index is 13.2. The summed E-state index contributed by atoms with van der Waals surface area (Å²) in [6, 6.07) is 15.5. The summed E-state index contributed by atoms with van der Waals surface area (Å²) in [4.78, 5) is 42.3. The smallest absolute Gasteiger partial charge is 0.287 e. The van der Waals surface area contributed by atoms with Gasteiger partial charge in [-0.3, -0.25) is 14.4 Å². The van der Waals surface area contributed by atoms with Crippen LogP contribution in [0.25, 0.3) is 0 Å². The first-order valence-electron chi connectivity index (χ1n) is 11.3. The number of hydrogen-bond donors (Lipinski definition) is 2. The number of benzene rings is 2. The molecule has 0 spiro atoms. The molecule has 3 amide bonds. The third-order valence-corrected chi connectivity index (χ3v) is 6.65. The molecule has 2 N–H and O–H groups in total. The third kappa shape index (κ3) is 4.87. The number of hydrogen-bond acceptors (Lipinski definition) is 5. The van der Waals surface area contributed by atoms with Gasteiger partial charge in [0.25, 0.3) is 11.8 Å². The Morgan fingerprint density at radius 3 is 2.56 bits per heavy atom. The molecule has 2 heterocycles. The van der Waals surface area contributed by atoms with Gasteiger partial charge in [-0.1, -0.05) is 44.7 Å². The predicted molar refractivity (Wildman–Crippen MR) is 132 cm³/mol. The van der Waals surface area contributed by atoms with Gasteiger partial charge < -0.3 is 20.0 Å². The minimum absolute atomic E-state index is 0.0269. The highest BCUT2D eigenvalue weighted by Crippen LogP contribution is 2.42. The summed E-state index contributed by atoms with van der Waals surface area (Å²) in [7, 11) is 0. The lowest BCUT2D eigenvalue weighted by Gasteiger charge is -2.24. The largest absolute Gasteiger partial charge is 0.459 e. The van der Waals surface area contributed by atoms with Crippen LogP contribution >= 0.6 is 11.8 Å². The summed E-state index contributed by atoms with van der Waals surface area (Å²) in [5.41, 5.74) is 2.08. The van der Waals surface area contributed by atoms with E-state index in [1.807, 2.05) is 57.2 Å². The predicted octanol–water partition coefficient (Wildman–Crippen LogP) is 5.19. The molecule has 1 atom stereocenters. The SMILES string of the molecule is CCCN1C(=O)c2ccccc2Sc2cc(NC(=O)[C@@H](NC(=O)c3ccco3)C(C)C)ccc21. The molecule has 176 valence electrons. The zero-order valence-electron chi connectivity index (χ0n) is 19.3. The van der Waals surface area contributed by atoms with Crippen molar-refractivity contribution in [3.8, 4) is 0 Å². The molecule has 7 nitrogen and oxygen atoms in total. The van der Waals surface area contributed by atoms with E-state index in [1.54, 1.807) is 23.1 Å². The van der Waals surface area contributed by atoms with E-state index < -0.39 is 11.9 Å². The van der Waals surface area contributed by atoms with Crippen molar-refractivity contribution < 1.29 is 18.8 Å². The number of furan rings is 1. The van der Waals surface area contributed by atoms with Crippen LogP contribution in [0, 0.1) is 5.92 Å². The molecule has 34 heavy (non-hydrogen) atoms. The van der Waals surface area contributed by atoms with Gasteiger partial charge in [-0.05, 0) is 54.8 Å². The van der Waals surface area contributed by atoms with Crippen LogP contribution in [0.5, 0.6) is 0 Å². The summed E-state index contributed by atoms with van der Waals surface area (Å²) in [5, 5.41) is 5.68. The maximum Gasteiger partial charge on any atom is 0.287 e. The molecule has 0 fully saturated rings. The summed E-state index contributed by atoms with van der Waals surface area (Å²) < 4.78 is 5.14. The number of rotatable bonds is 7. The van der Waals surface area contributed by atoms with Gasteiger partial charge in [0.15, 0.2) is 5.76 Å². The van der Waals surface area contributed by atoms with Gasteiger partial charge in [0.1, 0.15) is 6.04 Å². The van der Waals surface area contributed by atoms with E-state index in [-0.39, 0.29) is 23.5 Å². The average molecular weight is 478 g/mol. The van der Waals surface area contributed by atoms with Gasteiger partial charge in [0.05, 0.1) is 17.5 Å². The summed E-state index contributed by atoms with van der Waals surface area (Å²) in [6.45, 7) is 6.37. The van der Waals surface area contributed by atoms with E-state index in [0.29, 0.717) is 17.8 Å². The number of carbonyl (C=O) groups is 3. The molecular formula is C26H27N3O4S. The average Bonchev–Trinajstić information content (AvgIpc) is 3.33. The molecule has 0 saturated carbocycles. The molecule has 0 bridgehead atoms. The Hall–Kier alpha value is -3.52. The van der Waals surface area contributed by atoms with E-state index >= 15 is 0 Å². The van der Waals surface area contributed by atoms with Crippen molar-refractivity contribution in [2.75, 3.05) is 16.8 Å². The van der Waals surface area contributed by atoms with Crippen molar-refractivity contribution in [1.82, 2.24) is 5.32 Å². The monoisotopic (exact) mass is 477 g/mol. The van der Waals surface area contributed by atoms with Crippen molar-refractivity contribution in [2.45, 2.75) is 43.0 Å². The van der Waals surface area contributed by atoms with Gasteiger partial charge in [-0.15, -0.1) is 0 Å². The zero-order chi connectivity index (χ0) is 24.2. The summed E-state index contributed by atoms with van der Waals surface area (Å²) >= 11 is 1.51. The first-order valence-corrected chi connectivity index (χ1v) is 12.1. The van der Waals surface area contributed by atoms with E-state index in [0.717, 1.165) is 21.9 Å². The van der Waals surface area contributed by atoms with Gasteiger partial charge in [0, 0.05) is 22.0 Å². The molecule has 0 radical (unpaired) electrons. The van der Waals surface area contributed by atoms with Gasteiger partial charge in [-0.2, -0.15) is 0 Å². The van der Waals surface area contributed by atoms with Gasteiger partial charge >= 0.3 is 0 Å². The van der Waals surface area contributed by atoms with Crippen LogP contribution in [-0.2, 0) is 4.79 Å². The number of nitrogens with zero attached hydrogens (tertiary/aromatic N) is 1. The van der Waals surface area contributed by atoms with Crippen LogP contribution < -0.4 is 15.5 Å². The van der Waals surface area contributed by atoms with Crippen molar-refractivity contribution in [3.63, 3.8) is 0 Å². The zero-order valence-corrected chi connectivity index (χ0v) is 20.1. The number of nitrogens with one attached hydrogen (secondary N) is 2. The van der Waals surface area contributed by atoms with E-state index in [9.17, 15) is 14.4 Å². The lowest BCUT2D eigenvalue weighted by Crippen LogP contribution is -2.47. The van der Waals surface area contributed by atoms with Crippen LogP contribution in [0.4, 0.5) is 11.4 Å². The Morgan fingerprint density at radius 2 is 1.85 bits per heavy atom. The number of carbonyl (C=O) groups excluding carboxylic acids is 3. The normalized spacial score (nSPS) is 13.6. The minimum atomic E-state index is -0.747. The highest BCUT2D eigenvalue weighted by molar-refractivity contribution is 7.99. The fourth-order valence-electron chi connectivity index (χ4n) is 3.82. The number of fused-ring (bicyclic) bond motifs is 2. The first kappa shape index (κ1) is 23.6. The van der Waals surface area contributed by atoms with Crippen LogP contribution in [0.2, 0.25) is 0 Å². The van der Waals surface area contributed by atoms with Crippen molar-refractivity contribution in [3.05, 3.63) is 72.2 Å². The first-order chi connectivity index (χ1) is 16.4. The molecule has 0 saturated heterocycles. The second kappa shape index (κ2) is 10.2. The van der Waals surface area contributed by atoms with Crippen LogP contribution in [-0.4, -0.2) is 30.3 Å². The Balaban J connectivity index is 1.59. The topological polar surface area (TPSA) is 91.7 Å².